The molecule has 0 amide bonds. The summed E-state index contributed by atoms with van der Waals surface area (Å²) >= 11 is 1.65. The molecule has 0 saturated carbocycles. The van der Waals surface area contributed by atoms with Crippen molar-refractivity contribution in [2.45, 2.75) is 30.4 Å². The molecule has 0 fully saturated rings. The fourth-order valence-electron chi connectivity index (χ4n) is 1.99. The highest BCUT2D eigenvalue weighted by molar-refractivity contribution is 7.99. The molecule has 0 aliphatic rings. The lowest BCUT2D eigenvalue weighted by atomic mass is 9.99. The molecule has 2 rings (SSSR count). The Bertz CT molecular complexity index is 552. The molecule has 0 aromatic heterocycles. The number of nitrogens with two attached hydrogens (primary N) is 1. The van der Waals surface area contributed by atoms with Crippen LogP contribution in [0, 0.1) is 0 Å². The van der Waals surface area contributed by atoms with Crippen molar-refractivity contribution in [3.8, 4) is 0 Å². The fourth-order valence-corrected chi connectivity index (χ4v) is 3.00. The van der Waals surface area contributed by atoms with E-state index >= 15 is 0 Å². The Morgan fingerprint density at radius 2 is 1.85 bits per heavy atom. The van der Waals surface area contributed by atoms with Crippen LogP contribution in [0.4, 0.5) is 0 Å². The van der Waals surface area contributed by atoms with E-state index < -0.39 is 5.60 Å². The summed E-state index contributed by atoms with van der Waals surface area (Å²) in [6, 6.07) is 18.0. The highest BCUT2D eigenvalue weighted by atomic mass is 32.2. The minimum atomic E-state index is -0.837. The minimum absolute atomic E-state index is 0.0326. The van der Waals surface area contributed by atoms with Crippen LogP contribution in [0.15, 0.2) is 59.5 Å². The van der Waals surface area contributed by atoms with Gasteiger partial charge in [0.2, 0.25) is 0 Å². The van der Waals surface area contributed by atoms with Crippen molar-refractivity contribution >= 4 is 11.8 Å². The van der Waals surface area contributed by atoms with Crippen LogP contribution in [0.1, 0.15) is 31.0 Å². The Kier molecular flexibility index (Phi) is 4.86. The van der Waals surface area contributed by atoms with Crippen molar-refractivity contribution in [3.63, 3.8) is 0 Å². The maximum Gasteiger partial charge on any atom is 0.0962 e. The van der Waals surface area contributed by atoms with Crippen molar-refractivity contribution in [1.29, 1.82) is 0 Å². The lowest BCUT2D eigenvalue weighted by Gasteiger charge is -2.23. The average molecular weight is 287 g/mol. The number of hydrogen-bond acceptors (Lipinski definition) is 3. The molecular formula is C17H21NOS. The lowest BCUT2D eigenvalue weighted by molar-refractivity contribution is 0.0839. The van der Waals surface area contributed by atoms with Crippen LogP contribution < -0.4 is 5.73 Å². The van der Waals surface area contributed by atoms with E-state index in [1.807, 2.05) is 56.3 Å². The summed E-state index contributed by atoms with van der Waals surface area (Å²) in [5, 5.41) is 10.6. The first kappa shape index (κ1) is 15.1. The van der Waals surface area contributed by atoms with Gasteiger partial charge < -0.3 is 10.8 Å². The second-order valence-corrected chi connectivity index (χ2v) is 6.34. The molecule has 0 aliphatic carbocycles. The summed E-state index contributed by atoms with van der Waals surface area (Å²) in [4.78, 5) is 1.14. The Hall–Kier alpha value is -1.29. The van der Waals surface area contributed by atoms with Gasteiger partial charge in [-0.3, -0.25) is 0 Å². The van der Waals surface area contributed by atoms with Crippen LogP contribution in [-0.2, 0) is 5.60 Å². The van der Waals surface area contributed by atoms with Gasteiger partial charge in [0.1, 0.15) is 0 Å². The third-order valence-corrected chi connectivity index (χ3v) is 4.59. The summed E-state index contributed by atoms with van der Waals surface area (Å²) in [5.41, 5.74) is 7.12. The molecule has 0 saturated heterocycles. The quantitative estimate of drug-likeness (QED) is 0.824. The molecule has 20 heavy (non-hydrogen) atoms. The number of rotatable bonds is 5. The second-order valence-electron chi connectivity index (χ2n) is 5.29. The topological polar surface area (TPSA) is 46.2 Å². The van der Waals surface area contributed by atoms with E-state index in [-0.39, 0.29) is 6.04 Å². The SMILES string of the molecule is CC(N)c1cccc(SCC(C)(O)c2ccccc2)c1. The molecule has 2 atom stereocenters. The van der Waals surface area contributed by atoms with Gasteiger partial charge in [-0.15, -0.1) is 11.8 Å². The smallest absolute Gasteiger partial charge is 0.0962 e. The van der Waals surface area contributed by atoms with Crippen LogP contribution in [0.5, 0.6) is 0 Å². The van der Waals surface area contributed by atoms with Gasteiger partial charge in [0.05, 0.1) is 5.60 Å². The summed E-state index contributed by atoms with van der Waals surface area (Å²) in [6.45, 7) is 3.83. The van der Waals surface area contributed by atoms with Crippen molar-refractivity contribution in [3.05, 3.63) is 65.7 Å². The lowest BCUT2D eigenvalue weighted by Crippen LogP contribution is -2.24. The van der Waals surface area contributed by atoms with Gasteiger partial charge >= 0.3 is 0 Å². The van der Waals surface area contributed by atoms with E-state index in [4.69, 9.17) is 5.73 Å². The first-order chi connectivity index (χ1) is 9.49. The van der Waals surface area contributed by atoms with Crippen molar-refractivity contribution in [2.75, 3.05) is 5.75 Å². The third-order valence-electron chi connectivity index (χ3n) is 3.30. The Morgan fingerprint density at radius 3 is 2.50 bits per heavy atom. The summed E-state index contributed by atoms with van der Waals surface area (Å²) in [6.07, 6.45) is 0. The highest BCUT2D eigenvalue weighted by Crippen LogP contribution is 2.30. The molecule has 2 unspecified atom stereocenters. The number of benzene rings is 2. The molecule has 0 heterocycles. The van der Waals surface area contributed by atoms with Gasteiger partial charge in [-0.05, 0) is 37.1 Å². The molecule has 2 aromatic rings. The molecule has 0 spiro atoms. The summed E-state index contributed by atoms with van der Waals surface area (Å²) < 4.78 is 0. The maximum atomic E-state index is 10.6. The van der Waals surface area contributed by atoms with Crippen LogP contribution >= 0.6 is 11.8 Å². The molecule has 2 nitrogen and oxygen atoms in total. The molecule has 0 aliphatic heterocycles. The molecule has 2 aromatic carbocycles. The van der Waals surface area contributed by atoms with Crippen LogP contribution in [0.2, 0.25) is 0 Å². The summed E-state index contributed by atoms with van der Waals surface area (Å²) in [5.74, 6) is 0.611. The van der Waals surface area contributed by atoms with Gasteiger partial charge in [-0.25, -0.2) is 0 Å². The second kappa shape index (κ2) is 6.44. The molecule has 0 bridgehead atoms. The van der Waals surface area contributed by atoms with E-state index in [1.54, 1.807) is 11.8 Å². The monoisotopic (exact) mass is 287 g/mol. The zero-order valence-electron chi connectivity index (χ0n) is 11.9. The molecular weight excluding hydrogens is 266 g/mol. The Balaban J connectivity index is 2.06. The third kappa shape index (κ3) is 3.85. The van der Waals surface area contributed by atoms with Gasteiger partial charge in [-0.2, -0.15) is 0 Å². The summed E-state index contributed by atoms with van der Waals surface area (Å²) in [7, 11) is 0. The number of aliphatic hydroxyl groups is 1. The first-order valence-corrected chi connectivity index (χ1v) is 7.74. The fraction of sp³-hybridized carbons (Fsp3) is 0.294. The largest absolute Gasteiger partial charge is 0.385 e. The Morgan fingerprint density at radius 1 is 1.15 bits per heavy atom. The van der Waals surface area contributed by atoms with Crippen molar-refractivity contribution in [1.82, 2.24) is 0 Å². The number of thioether (sulfide) groups is 1. The van der Waals surface area contributed by atoms with E-state index in [9.17, 15) is 5.11 Å². The standard InChI is InChI=1S/C17H21NOS/c1-13(18)14-7-6-10-16(11-14)20-12-17(2,19)15-8-4-3-5-9-15/h3-11,13,19H,12,18H2,1-2H3. The molecule has 3 N–H and O–H groups in total. The van der Waals surface area contributed by atoms with Crippen molar-refractivity contribution < 1.29 is 5.11 Å². The van der Waals surface area contributed by atoms with Crippen LogP contribution in [0.3, 0.4) is 0 Å². The maximum absolute atomic E-state index is 10.6. The number of hydrogen-bond donors (Lipinski definition) is 2. The van der Waals surface area contributed by atoms with Crippen LogP contribution in [-0.4, -0.2) is 10.9 Å². The molecule has 0 radical (unpaired) electrons. The first-order valence-electron chi connectivity index (χ1n) is 6.75. The zero-order valence-corrected chi connectivity index (χ0v) is 12.7. The van der Waals surface area contributed by atoms with Gasteiger partial charge in [0.15, 0.2) is 0 Å². The molecule has 106 valence electrons. The van der Waals surface area contributed by atoms with E-state index in [0.29, 0.717) is 5.75 Å². The zero-order chi connectivity index (χ0) is 14.6. The van der Waals surface area contributed by atoms with Gasteiger partial charge in [0.25, 0.3) is 0 Å². The van der Waals surface area contributed by atoms with Gasteiger partial charge in [-0.1, -0.05) is 42.5 Å². The average Bonchev–Trinajstić information content (AvgIpc) is 2.46. The predicted octanol–water partition coefficient (Wildman–Crippen LogP) is 3.71. The normalized spacial score (nSPS) is 15.6. The van der Waals surface area contributed by atoms with E-state index in [1.165, 1.54) is 0 Å². The molecule has 3 heteroatoms. The minimum Gasteiger partial charge on any atom is -0.385 e. The predicted molar refractivity (Wildman–Crippen MR) is 85.8 cm³/mol. The highest BCUT2D eigenvalue weighted by Gasteiger charge is 2.22. The van der Waals surface area contributed by atoms with Crippen LogP contribution in [0.25, 0.3) is 0 Å². The van der Waals surface area contributed by atoms with Crippen molar-refractivity contribution in [2.24, 2.45) is 5.73 Å². The van der Waals surface area contributed by atoms with E-state index in [2.05, 4.69) is 12.1 Å². The Labute approximate surface area is 125 Å². The van der Waals surface area contributed by atoms with E-state index in [0.717, 1.165) is 16.0 Å². The van der Waals surface area contributed by atoms with Gasteiger partial charge in [0, 0.05) is 16.7 Å².